The Kier molecular flexibility index (Phi) is 5.97. The molecular weight excluding hydrogens is 330 g/mol. The van der Waals surface area contributed by atoms with Crippen molar-refractivity contribution in [3.8, 4) is 0 Å². The molecule has 2 amide bonds. The number of aromatic nitrogens is 1. The maximum atomic E-state index is 12.7. The minimum Gasteiger partial charge on any atom is -0.354 e. The van der Waals surface area contributed by atoms with E-state index in [1.54, 1.807) is 20.9 Å². The van der Waals surface area contributed by atoms with Gasteiger partial charge in [-0.05, 0) is 44.4 Å². The van der Waals surface area contributed by atoms with Crippen LogP contribution < -0.4 is 5.32 Å². The molecule has 2 aromatic rings. The molecule has 138 valence electrons. The summed E-state index contributed by atoms with van der Waals surface area (Å²) < 4.78 is 0. The molecule has 2 N–H and O–H groups in total. The molecule has 0 aliphatic carbocycles. The predicted octanol–water partition coefficient (Wildman–Crippen LogP) is 3.11. The summed E-state index contributed by atoms with van der Waals surface area (Å²) in [6.45, 7) is 6.90. The van der Waals surface area contributed by atoms with Gasteiger partial charge in [-0.15, -0.1) is 0 Å². The smallest absolute Gasteiger partial charge is 0.270 e. The van der Waals surface area contributed by atoms with Gasteiger partial charge < -0.3 is 15.2 Å². The Hall–Kier alpha value is -2.89. The Labute approximate surface area is 153 Å². The molecule has 0 unspecified atom stereocenters. The lowest BCUT2D eigenvalue weighted by Gasteiger charge is -2.17. The highest BCUT2D eigenvalue weighted by molar-refractivity contribution is 6.03. The number of aryl methyl sites for hydroxylation is 2. The standard InChI is InChI=1S/C20H25N3O3/c1-6-15-9-7-8-10-16(15)22-17(25)11-23(5)20(26)19-12(2)18(14(4)24)13(3)21-19/h7-10,21H,6,11H2,1-5H3,(H,22,25). The maximum absolute atomic E-state index is 12.7. The third kappa shape index (κ3) is 4.02. The zero-order valence-corrected chi connectivity index (χ0v) is 15.9. The number of amides is 2. The number of carbonyl (C=O) groups excluding carboxylic acids is 3. The lowest BCUT2D eigenvalue weighted by atomic mass is 10.1. The fourth-order valence-corrected chi connectivity index (χ4v) is 3.11. The summed E-state index contributed by atoms with van der Waals surface area (Å²) in [5.74, 6) is -0.682. The van der Waals surface area contributed by atoms with Crippen LogP contribution in [0.3, 0.4) is 0 Å². The van der Waals surface area contributed by atoms with Crippen LogP contribution in [0.2, 0.25) is 0 Å². The van der Waals surface area contributed by atoms with Crippen LogP contribution in [-0.4, -0.2) is 41.1 Å². The highest BCUT2D eigenvalue weighted by Gasteiger charge is 2.23. The molecule has 0 aliphatic rings. The molecule has 1 aromatic carbocycles. The van der Waals surface area contributed by atoms with E-state index in [-0.39, 0.29) is 24.1 Å². The van der Waals surface area contributed by atoms with Crippen molar-refractivity contribution in [2.75, 3.05) is 18.9 Å². The van der Waals surface area contributed by atoms with E-state index in [1.165, 1.54) is 11.8 Å². The number of hydrogen-bond donors (Lipinski definition) is 2. The SMILES string of the molecule is CCc1ccccc1NC(=O)CN(C)C(=O)c1[nH]c(C)c(C(C)=O)c1C. The predicted molar refractivity (Wildman–Crippen MR) is 102 cm³/mol. The minimum atomic E-state index is -0.322. The third-order valence-corrected chi connectivity index (χ3v) is 4.40. The second-order valence-corrected chi connectivity index (χ2v) is 6.40. The summed E-state index contributed by atoms with van der Waals surface area (Å²) in [7, 11) is 1.57. The lowest BCUT2D eigenvalue weighted by Crippen LogP contribution is -2.35. The number of nitrogens with one attached hydrogen (secondary N) is 2. The highest BCUT2D eigenvalue weighted by Crippen LogP contribution is 2.20. The fourth-order valence-electron chi connectivity index (χ4n) is 3.11. The van der Waals surface area contributed by atoms with Crippen LogP contribution in [0.25, 0.3) is 0 Å². The molecule has 0 fully saturated rings. The minimum absolute atomic E-state index is 0.0796. The number of anilines is 1. The van der Waals surface area contributed by atoms with Crippen molar-refractivity contribution in [3.63, 3.8) is 0 Å². The number of hydrogen-bond acceptors (Lipinski definition) is 3. The molecule has 0 spiro atoms. The van der Waals surface area contributed by atoms with Gasteiger partial charge in [0.05, 0.1) is 6.54 Å². The summed E-state index contributed by atoms with van der Waals surface area (Å²) in [4.78, 5) is 41.0. The van der Waals surface area contributed by atoms with E-state index in [9.17, 15) is 14.4 Å². The molecule has 0 atom stereocenters. The molecule has 1 heterocycles. The molecular formula is C20H25N3O3. The molecule has 0 aliphatic heterocycles. The zero-order valence-electron chi connectivity index (χ0n) is 15.9. The number of ketones is 1. The van der Waals surface area contributed by atoms with E-state index in [0.29, 0.717) is 22.5 Å². The van der Waals surface area contributed by atoms with Gasteiger partial charge in [0.2, 0.25) is 5.91 Å². The third-order valence-electron chi connectivity index (χ3n) is 4.40. The maximum Gasteiger partial charge on any atom is 0.270 e. The summed E-state index contributed by atoms with van der Waals surface area (Å²) >= 11 is 0. The quantitative estimate of drug-likeness (QED) is 0.781. The second-order valence-electron chi connectivity index (χ2n) is 6.40. The van der Waals surface area contributed by atoms with E-state index in [1.807, 2.05) is 31.2 Å². The Morgan fingerprint density at radius 1 is 1.15 bits per heavy atom. The van der Waals surface area contributed by atoms with E-state index in [2.05, 4.69) is 10.3 Å². The zero-order chi connectivity index (χ0) is 19.4. The molecule has 26 heavy (non-hydrogen) atoms. The van der Waals surface area contributed by atoms with Gasteiger partial charge in [-0.3, -0.25) is 14.4 Å². The van der Waals surface area contributed by atoms with Crippen molar-refractivity contribution in [2.45, 2.75) is 34.1 Å². The summed E-state index contributed by atoms with van der Waals surface area (Å²) in [5, 5.41) is 2.85. The average Bonchev–Trinajstić information content (AvgIpc) is 2.88. The largest absolute Gasteiger partial charge is 0.354 e. The molecule has 0 saturated carbocycles. The second kappa shape index (κ2) is 7.99. The van der Waals surface area contributed by atoms with E-state index >= 15 is 0 Å². The lowest BCUT2D eigenvalue weighted by molar-refractivity contribution is -0.116. The number of nitrogens with zero attached hydrogens (tertiary/aromatic N) is 1. The number of likely N-dealkylation sites (N-methyl/N-ethyl adjacent to an activating group) is 1. The number of benzene rings is 1. The van der Waals surface area contributed by atoms with Crippen LogP contribution in [0.1, 0.15) is 51.5 Å². The number of H-pyrrole nitrogens is 1. The van der Waals surface area contributed by atoms with Gasteiger partial charge in [-0.1, -0.05) is 25.1 Å². The van der Waals surface area contributed by atoms with Gasteiger partial charge in [-0.25, -0.2) is 0 Å². The number of aromatic amines is 1. The number of rotatable bonds is 6. The topological polar surface area (TPSA) is 82.3 Å². The van der Waals surface area contributed by atoms with Crippen LogP contribution in [0.15, 0.2) is 24.3 Å². The monoisotopic (exact) mass is 355 g/mol. The van der Waals surface area contributed by atoms with Gasteiger partial charge in [0.1, 0.15) is 5.69 Å². The summed E-state index contributed by atoms with van der Waals surface area (Å²) in [6.07, 6.45) is 0.806. The molecule has 0 bridgehead atoms. The molecule has 0 saturated heterocycles. The normalized spacial score (nSPS) is 10.5. The van der Waals surface area contributed by atoms with Gasteiger partial charge >= 0.3 is 0 Å². The Morgan fingerprint density at radius 3 is 2.38 bits per heavy atom. The van der Waals surface area contributed by atoms with Crippen molar-refractivity contribution in [1.82, 2.24) is 9.88 Å². The summed E-state index contributed by atoms with van der Waals surface area (Å²) in [6, 6.07) is 7.58. The summed E-state index contributed by atoms with van der Waals surface area (Å²) in [5.41, 5.74) is 3.94. The van der Waals surface area contributed by atoms with Crippen LogP contribution in [-0.2, 0) is 11.2 Å². The number of para-hydroxylation sites is 1. The van der Waals surface area contributed by atoms with E-state index in [4.69, 9.17) is 0 Å². The molecule has 0 radical (unpaired) electrons. The van der Waals surface area contributed by atoms with Crippen LogP contribution in [0.4, 0.5) is 5.69 Å². The van der Waals surface area contributed by atoms with Gasteiger partial charge in [0, 0.05) is 24.0 Å². The first-order chi connectivity index (χ1) is 12.3. The number of Topliss-reactive ketones (excluding diaryl/α,β-unsaturated/α-hetero) is 1. The first kappa shape index (κ1) is 19.4. The molecule has 6 heteroatoms. The van der Waals surface area contributed by atoms with Crippen LogP contribution in [0, 0.1) is 13.8 Å². The molecule has 2 rings (SSSR count). The highest BCUT2D eigenvalue weighted by atomic mass is 16.2. The Morgan fingerprint density at radius 2 is 1.81 bits per heavy atom. The van der Waals surface area contributed by atoms with Gasteiger partial charge in [0.15, 0.2) is 5.78 Å². The van der Waals surface area contributed by atoms with Gasteiger partial charge in [-0.2, -0.15) is 0 Å². The first-order valence-corrected chi connectivity index (χ1v) is 8.59. The molecule has 6 nitrogen and oxygen atoms in total. The average molecular weight is 355 g/mol. The van der Waals surface area contributed by atoms with Gasteiger partial charge in [0.25, 0.3) is 5.91 Å². The van der Waals surface area contributed by atoms with Crippen molar-refractivity contribution >= 4 is 23.3 Å². The van der Waals surface area contributed by atoms with Crippen molar-refractivity contribution in [1.29, 1.82) is 0 Å². The molecule has 1 aromatic heterocycles. The first-order valence-electron chi connectivity index (χ1n) is 8.59. The van der Waals surface area contributed by atoms with E-state index in [0.717, 1.165) is 17.7 Å². The van der Waals surface area contributed by atoms with Crippen molar-refractivity contribution < 1.29 is 14.4 Å². The Bertz CT molecular complexity index is 852. The van der Waals surface area contributed by atoms with Crippen LogP contribution in [0.5, 0.6) is 0 Å². The van der Waals surface area contributed by atoms with Crippen molar-refractivity contribution in [3.05, 3.63) is 52.3 Å². The van der Waals surface area contributed by atoms with Crippen LogP contribution >= 0.6 is 0 Å². The number of carbonyl (C=O) groups is 3. The van der Waals surface area contributed by atoms with Crippen molar-refractivity contribution in [2.24, 2.45) is 0 Å². The fraction of sp³-hybridized carbons (Fsp3) is 0.350. The van der Waals surface area contributed by atoms with E-state index < -0.39 is 0 Å². The Balaban J connectivity index is 2.11.